The Morgan fingerprint density at radius 3 is 2.94 bits per heavy atom. The maximum absolute atomic E-state index is 5.96. The van der Waals surface area contributed by atoms with Gasteiger partial charge in [-0.1, -0.05) is 11.6 Å². The predicted octanol–water partition coefficient (Wildman–Crippen LogP) is 2.59. The fourth-order valence-electron chi connectivity index (χ4n) is 2.59. The summed E-state index contributed by atoms with van der Waals surface area (Å²) in [5.74, 6) is 0. The van der Waals surface area contributed by atoms with Crippen molar-refractivity contribution in [2.24, 2.45) is 11.1 Å². The number of thiophene rings is 1. The monoisotopic (exact) mass is 288 g/mol. The quantitative estimate of drug-likeness (QED) is 0.905. The van der Waals surface area contributed by atoms with Crippen LogP contribution >= 0.6 is 22.9 Å². The van der Waals surface area contributed by atoms with Gasteiger partial charge in [-0.3, -0.25) is 0 Å². The molecule has 1 saturated heterocycles. The fraction of sp³-hybridized carbons (Fsp3) is 0.692. The molecule has 2 rings (SSSR count). The van der Waals surface area contributed by atoms with Crippen molar-refractivity contribution in [1.82, 2.24) is 4.90 Å². The molecule has 102 valence electrons. The lowest BCUT2D eigenvalue weighted by Crippen LogP contribution is -2.46. The number of nitrogens with two attached hydrogens (primary N) is 1. The van der Waals surface area contributed by atoms with Crippen LogP contribution in [0.1, 0.15) is 17.7 Å². The molecule has 0 aromatic carbocycles. The minimum atomic E-state index is 0.133. The topological polar surface area (TPSA) is 38.5 Å². The van der Waals surface area contributed by atoms with E-state index in [9.17, 15) is 0 Å². The molecule has 1 fully saturated rings. The van der Waals surface area contributed by atoms with Crippen LogP contribution in [0.25, 0.3) is 0 Å². The Kier molecular flexibility index (Phi) is 5.04. The van der Waals surface area contributed by atoms with Gasteiger partial charge in [0.05, 0.1) is 10.9 Å². The van der Waals surface area contributed by atoms with Crippen molar-refractivity contribution in [3.05, 3.63) is 21.3 Å². The molecule has 0 radical (unpaired) electrons. The molecule has 2 N–H and O–H groups in total. The molecule has 1 unspecified atom stereocenters. The summed E-state index contributed by atoms with van der Waals surface area (Å²) in [6, 6.07) is 4.05. The van der Waals surface area contributed by atoms with E-state index in [0.29, 0.717) is 6.54 Å². The van der Waals surface area contributed by atoms with E-state index in [2.05, 4.69) is 18.0 Å². The molecule has 1 aromatic heterocycles. The van der Waals surface area contributed by atoms with Crippen molar-refractivity contribution < 1.29 is 4.74 Å². The summed E-state index contributed by atoms with van der Waals surface area (Å²) in [7, 11) is 2.14. The van der Waals surface area contributed by atoms with Crippen LogP contribution in [-0.2, 0) is 11.3 Å². The molecule has 1 atom stereocenters. The van der Waals surface area contributed by atoms with Crippen LogP contribution in [0.2, 0.25) is 4.34 Å². The number of halogens is 1. The minimum absolute atomic E-state index is 0.133. The summed E-state index contributed by atoms with van der Waals surface area (Å²) in [5, 5.41) is 0. The zero-order chi connectivity index (χ0) is 13.0. The molecule has 5 heteroatoms. The van der Waals surface area contributed by atoms with Crippen molar-refractivity contribution in [3.63, 3.8) is 0 Å². The highest BCUT2D eigenvalue weighted by atomic mass is 35.5. The molecule has 0 amide bonds. The fourth-order valence-corrected chi connectivity index (χ4v) is 3.76. The maximum Gasteiger partial charge on any atom is 0.0931 e. The van der Waals surface area contributed by atoms with Gasteiger partial charge in [-0.2, -0.15) is 0 Å². The van der Waals surface area contributed by atoms with Gasteiger partial charge in [-0.05, 0) is 32.0 Å². The molecule has 1 aliphatic rings. The Morgan fingerprint density at radius 1 is 1.56 bits per heavy atom. The first-order valence-electron chi connectivity index (χ1n) is 6.34. The van der Waals surface area contributed by atoms with Crippen LogP contribution in [0.4, 0.5) is 0 Å². The summed E-state index contributed by atoms with van der Waals surface area (Å²) in [4.78, 5) is 3.62. The van der Waals surface area contributed by atoms with Crippen LogP contribution in [0.15, 0.2) is 12.1 Å². The second-order valence-corrected chi connectivity index (χ2v) is 7.04. The Bertz CT molecular complexity index is 377. The summed E-state index contributed by atoms with van der Waals surface area (Å²) < 4.78 is 6.46. The molecule has 2 heterocycles. The van der Waals surface area contributed by atoms with Crippen molar-refractivity contribution >= 4 is 22.9 Å². The van der Waals surface area contributed by atoms with Crippen LogP contribution in [-0.4, -0.2) is 38.3 Å². The van der Waals surface area contributed by atoms with Gasteiger partial charge in [-0.25, -0.2) is 0 Å². The van der Waals surface area contributed by atoms with Crippen molar-refractivity contribution in [3.8, 4) is 0 Å². The third kappa shape index (κ3) is 3.68. The first-order chi connectivity index (χ1) is 8.63. The van der Waals surface area contributed by atoms with Crippen molar-refractivity contribution in [1.29, 1.82) is 0 Å². The highest BCUT2D eigenvalue weighted by Gasteiger charge is 2.32. The summed E-state index contributed by atoms with van der Waals surface area (Å²) in [5.41, 5.74) is 6.09. The van der Waals surface area contributed by atoms with Gasteiger partial charge < -0.3 is 15.4 Å². The standard InChI is InChI=1S/C13H21ClN2OS/c1-16(7-11-3-4-12(14)18-11)9-13(8-15)5-2-6-17-10-13/h3-4H,2,5-10,15H2,1H3. The average molecular weight is 289 g/mol. The number of rotatable bonds is 5. The molecule has 1 aromatic rings. The molecule has 0 saturated carbocycles. The molecule has 0 aliphatic carbocycles. The highest BCUT2D eigenvalue weighted by Crippen LogP contribution is 2.29. The maximum atomic E-state index is 5.96. The largest absolute Gasteiger partial charge is 0.381 e. The van der Waals surface area contributed by atoms with Gasteiger partial charge in [-0.15, -0.1) is 11.3 Å². The SMILES string of the molecule is CN(Cc1ccc(Cl)s1)CC1(CN)CCCOC1. The smallest absolute Gasteiger partial charge is 0.0931 e. The predicted molar refractivity (Wildman–Crippen MR) is 77.2 cm³/mol. The summed E-state index contributed by atoms with van der Waals surface area (Å²) in [6.45, 7) is 4.28. The number of ether oxygens (including phenoxy) is 1. The van der Waals surface area contributed by atoms with Gasteiger partial charge in [0.25, 0.3) is 0 Å². The third-order valence-electron chi connectivity index (χ3n) is 3.50. The Morgan fingerprint density at radius 2 is 2.39 bits per heavy atom. The highest BCUT2D eigenvalue weighted by molar-refractivity contribution is 7.16. The zero-order valence-corrected chi connectivity index (χ0v) is 12.4. The lowest BCUT2D eigenvalue weighted by molar-refractivity contribution is -0.0191. The number of hydrogen-bond donors (Lipinski definition) is 1. The summed E-state index contributed by atoms with van der Waals surface area (Å²) >= 11 is 7.60. The van der Waals surface area contributed by atoms with Gasteiger partial charge in [0.2, 0.25) is 0 Å². The van der Waals surface area contributed by atoms with Gasteiger partial charge in [0, 0.05) is 36.5 Å². The van der Waals surface area contributed by atoms with E-state index in [4.69, 9.17) is 22.1 Å². The van der Waals surface area contributed by atoms with Crippen LogP contribution in [0.3, 0.4) is 0 Å². The van der Waals surface area contributed by atoms with E-state index in [1.807, 2.05) is 6.07 Å². The lowest BCUT2D eigenvalue weighted by Gasteiger charge is -2.38. The third-order valence-corrected chi connectivity index (χ3v) is 4.71. The number of nitrogens with zero attached hydrogens (tertiary/aromatic N) is 1. The van der Waals surface area contributed by atoms with Crippen LogP contribution < -0.4 is 5.73 Å². The molecule has 0 bridgehead atoms. The van der Waals surface area contributed by atoms with E-state index >= 15 is 0 Å². The van der Waals surface area contributed by atoms with Crippen LogP contribution in [0.5, 0.6) is 0 Å². The minimum Gasteiger partial charge on any atom is -0.381 e. The van der Waals surface area contributed by atoms with E-state index < -0.39 is 0 Å². The molecule has 0 spiro atoms. The Hall–Kier alpha value is -0.130. The molecule has 3 nitrogen and oxygen atoms in total. The molecule has 18 heavy (non-hydrogen) atoms. The van der Waals surface area contributed by atoms with E-state index in [1.54, 1.807) is 11.3 Å². The molecular formula is C13H21ClN2OS. The second kappa shape index (κ2) is 6.35. The number of hydrogen-bond acceptors (Lipinski definition) is 4. The Labute approximate surface area is 118 Å². The van der Waals surface area contributed by atoms with E-state index in [-0.39, 0.29) is 5.41 Å². The first-order valence-corrected chi connectivity index (χ1v) is 7.54. The van der Waals surface area contributed by atoms with Crippen LogP contribution in [0, 0.1) is 5.41 Å². The van der Waals surface area contributed by atoms with Gasteiger partial charge in [0.15, 0.2) is 0 Å². The van der Waals surface area contributed by atoms with E-state index in [0.717, 1.165) is 37.1 Å². The molecule has 1 aliphatic heterocycles. The van der Waals surface area contributed by atoms with Crippen molar-refractivity contribution in [2.45, 2.75) is 19.4 Å². The van der Waals surface area contributed by atoms with Crippen molar-refractivity contribution in [2.75, 3.05) is 33.4 Å². The zero-order valence-electron chi connectivity index (χ0n) is 10.8. The van der Waals surface area contributed by atoms with Gasteiger partial charge in [0.1, 0.15) is 0 Å². The normalized spacial score (nSPS) is 24.7. The summed E-state index contributed by atoms with van der Waals surface area (Å²) in [6.07, 6.45) is 2.29. The Balaban J connectivity index is 1.90. The molecular weight excluding hydrogens is 268 g/mol. The van der Waals surface area contributed by atoms with E-state index in [1.165, 1.54) is 11.3 Å². The van der Waals surface area contributed by atoms with Gasteiger partial charge >= 0.3 is 0 Å². The second-order valence-electron chi connectivity index (χ2n) is 5.24. The average Bonchev–Trinajstić information content (AvgIpc) is 2.75. The lowest BCUT2D eigenvalue weighted by atomic mass is 9.82. The first kappa shape index (κ1) is 14.3.